The van der Waals surface area contributed by atoms with Gasteiger partial charge in [0, 0.05) is 12.3 Å². The van der Waals surface area contributed by atoms with Crippen molar-refractivity contribution >= 4 is 15.6 Å². The molecule has 0 saturated heterocycles. The SMILES string of the molecule is Cc1ccc(S(=O)(=O)C(C)CC(=O)C(C)C)cc1.c1ccc(-c2ccccc2)cc1. The Morgan fingerprint density at radius 2 is 1.17 bits per heavy atom. The van der Waals surface area contributed by atoms with Crippen molar-refractivity contribution in [1.29, 1.82) is 0 Å². The average molecular weight is 423 g/mol. The van der Waals surface area contributed by atoms with Gasteiger partial charge in [-0.25, -0.2) is 8.42 Å². The number of hydrogen-bond acceptors (Lipinski definition) is 3. The number of benzene rings is 3. The molecule has 3 nitrogen and oxygen atoms in total. The molecule has 1 unspecified atom stereocenters. The highest BCUT2D eigenvalue weighted by Crippen LogP contribution is 2.20. The van der Waals surface area contributed by atoms with E-state index in [1.54, 1.807) is 45.0 Å². The van der Waals surface area contributed by atoms with Gasteiger partial charge in [-0.2, -0.15) is 0 Å². The van der Waals surface area contributed by atoms with Crippen molar-refractivity contribution in [3.63, 3.8) is 0 Å². The topological polar surface area (TPSA) is 51.2 Å². The fourth-order valence-corrected chi connectivity index (χ4v) is 4.21. The predicted molar refractivity (Wildman–Crippen MR) is 124 cm³/mol. The fraction of sp³-hybridized carbons (Fsp3) is 0.269. The summed E-state index contributed by atoms with van der Waals surface area (Å²) in [6.07, 6.45) is 0.0773. The minimum Gasteiger partial charge on any atom is -0.299 e. The summed E-state index contributed by atoms with van der Waals surface area (Å²) in [6.45, 7) is 7.07. The van der Waals surface area contributed by atoms with Crippen molar-refractivity contribution in [3.8, 4) is 11.1 Å². The second kappa shape index (κ2) is 10.9. The number of sulfone groups is 1. The quantitative estimate of drug-likeness (QED) is 0.480. The van der Waals surface area contributed by atoms with Gasteiger partial charge in [-0.05, 0) is 37.1 Å². The van der Waals surface area contributed by atoms with Crippen LogP contribution in [0.2, 0.25) is 0 Å². The highest BCUT2D eigenvalue weighted by molar-refractivity contribution is 7.92. The van der Waals surface area contributed by atoms with Crippen LogP contribution in [0.4, 0.5) is 0 Å². The maximum atomic E-state index is 12.2. The smallest absolute Gasteiger partial charge is 0.181 e. The van der Waals surface area contributed by atoms with Gasteiger partial charge in [-0.1, -0.05) is 92.2 Å². The van der Waals surface area contributed by atoms with E-state index in [1.807, 2.05) is 19.1 Å². The Hall–Kier alpha value is -2.72. The molecule has 3 aromatic carbocycles. The minimum atomic E-state index is -3.41. The van der Waals surface area contributed by atoms with Crippen LogP contribution >= 0.6 is 0 Å². The zero-order chi connectivity index (χ0) is 22.1. The van der Waals surface area contributed by atoms with E-state index in [2.05, 4.69) is 48.5 Å². The first-order valence-corrected chi connectivity index (χ1v) is 11.7. The summed E-state index contributed by atoms with van der Waals surface area (Å²) in [7, 11) is -3.41. The Morgan fingerprint density at radius 1 is 0.733 bits per heavy atom. The normalized spacial score (nSPS) is 12.0. The standard InChI is InChI=1S/C14H20O3S.C12H10/c1-10(2)14(15)9-12(4)18(16,17)13-7-5-11(3)6-8-13;1-3-7-11(8-4-1)12-9-5-2-6-10-12/h5-8,10,12H,9H2,1-4H3;1-10H. The van der Waals surface area contributed by atoms with Crippen molar-refractivity contribution < 1.29 is 13.2 Å². The molecule has 0 N–H and O–H groups in total. The molecule has 0 bridgehead atoms. The molecular formula is C26H30O3S. The Bertz CT molecular complexity index is 985. The second-order valence-electron chi connectivity index (χ2n) is 7.73. The van der Waals surface area contributed by atoms with Crippen LogP contribution in [0.5, 0.6) is 0 Å². The van der Waals surface area contributed by atoms with Gasteiger partial charge in [0.25, 0.3) is 0 Å². The van der Waals surface area contributed by atoms with Gasteiger partial charge < -0.3 is 0 Å². The van der Waals surface area contributed by atoms with Crippen LogP contribution in [-0.2, 0) is 14.6 Å². The van der Waals surface area contributed by atoms with Gasteiger partial charge in [0.2, 0.25) is 0 Å². The Kier molecular flexibility index (Phi) is 8.55. The van der Waals surface area contributed by atoms with E-state index < -0.39 is 15.1 Å². The van der Waals surface area contributed by atoms with E-state index in [-0.39, 0.29) is 23.0 Å². The number of hydrogen-bond donors (Lipinski definition) is 0. The van der Waals surface area contributed by atoms with Crippen LogP contribution in [0.25, 0.3) is 11.1 Å². The van der Waals surface area contributed by atoms with Crippen LogP contribution in [-0.4, -0.2) is 19.5 Å². The molecule has 158 valence electrons. The molecule has 30 heavy (non-hydrogen) atoms. The molecule has 0 saturated carbocycles. The zero-order valence-corrected chi connectivity index (χ0v) is 18.9. The molecule has 0 heterocycles. The van der Waals surface area contributed by atoms with Crippen molar-refractivity contribution in [1.82, 2.24) is 0 Å². The van der Waals surface area contributed by atoms with E-state index in [9.17, 15) is 13.2 Å². The van der Waals surface area contributed by atoms with Crippen molar-refractivity contribution in [2.24, 2.45) is 5.92 Å². The molecule has 0 amide bonds. The molecule has 3 aromatic rings. The summed E-state index contributed by atoms with van der Waals surface area (Å²) >= 11 is 0. The lowest BCUT2D eigenvalue weighted by molar-refractivity contribution is -0.121. The van der Waals surface area contributed by atoms with Crippen LogP contribution in [0.15, 0.2) is 89.8 Å². The van der Waals surface area contributed by atoms with Crippen molar-refractivity contribution in [2.45, 2.75) is 44.3 Å². The van der Waals surface area contributed by atoms with E-state index in [0.717, 1.165) is 5.56 Å². The summed E-state index contributed by atoms with van der Waals surface area (Å²) in [5.74, 6) is -0.140. The maximum absolute atomic E-state index is 12.2. The summed E-state index contributed by atoms with van der Waals surface area (Å²) in [5, 5.41) is -0.671. The highest BCUT2D eigenvalue weighted by Gasteiger charge is 2.26. The zero-order valence-electron chi connectivity index (χ0n) is 18.1. The summed E-state index contributed by atoms with van der Waals surface area (Å²) < 4.78 is 24.5. The van der Waals surface area contributed by atoms with Crippen molar-refractivity contribution in [3.05, 3.63) is 90.5 Å². The third-order valence-electron chi connectivity index (χ3n) is 4.89. The molecule has 1 atom stereocenters. The number of carbonyl (C=O) groups is 1. The first-order valence-electron chi connectivity index (χ1n) is 10.2. The Morgan fingerprint density at radius 3 is 1.57 bits per heavy atom. The molecule has 0 aliphatic rings. The lowest BCUT2D eigenvalue weighted by atomic mass is 10.1. The summed E-state index contributed by atoms with van der Waals surface area (Å²) in [4.78, 5) is 11.9. The molecular weight excluding hydrogens is 392 g/mol. The first kappa shape index (κ1) is 23.6. The fourth-order valence-electron chi connectivity index (χ4n) is 2.85. The van der Waals surface area contributed by atoms with Gasteiger partial charge in [0.05, 0.1) is 10.1 Å². The van der Waals surface area contributed by atoms with E-state index in [0.29, 0.717) is 0 Å². The molecule has 0 aromatic heterocycles. The van der Waals surface area contributed by atoms with Gasteiger partial charge in [-0.15, -0.1) is 0 Å². The van der Waals surface area contributed by atoms with E-state index in [1.165, 1.54) is 11.1 Å². The molecule has 0 fully saturated rings. The molecule has 0 spiro atoms. The molecule has 0 aliphatic heterocycles. The maximum Gasteiger partial charge on any atom is 0.181 e. The van der Waals surface area contributed by atoms with Crippen molar-refractivity contribution in [2.75, 3.05) is 0 Å². The van der Waals surface area contributed by atoms with Gasteiger partial charge >= 0.3 is 0 Å². The lowest BCUT2D eigenvalue weighted by Crippen LogP contribution is -2.23. The number of Topliss-reactive ketones (excluding diaryl/α,β-unsaturated/α-hetero) is 1. The van der Waals surface area contributed by atoms with Crippen LogP contribution in [0, 0.1) is 12.8 Å². The third-order valence-corrected chi connectivity index (χ3v) is 7.05. The minimum absolute atomic E-state index is 0.0156. The second-order valence-corrected chi connectivity index (χ2v) is 10.1. The molecule has 0 aliphatic carbocycles. The average Bonchev–Trinajstić information content (AvgIpc) is 2.75. The van der Waals surface area contributed by atoms with Gasteiger partial charge in [0.15, 0.2) is 9.84 Å². The third kappa shape index (κ3) is 6.67. The number of aryl methyl sites for hydroxylation is 1. The number of rotatable bonds is 6. The van der Waals surface area contributed by atoms with Gasteiger partial charge in [0.1, 0.15) is 5.78 Å². The summed E-state index contributed by atoms with van der Waals surface area (Å²) in [5.41, 5.74) is 3.57. The van der Waals surface area contributed by atoms with E-state index >= 15 is 0 Å². The predicted octanol–water partition coefficient (Wildman–Crippen LogP) is 6.13. The van der Waals surface area contributed by atoms with Crippen LogP contribution in [0.1, 0.15) is 32.8 Å². The Balaban J connectivity index is 0.000000230. The highest BCUT2D eigenvalue weighted by atomic mass is 32.2. The van der Waals surface area contributed by atoms with Crippen LogP contribution < -0.4 is 0 Å². The summed E-state index contributed by atoms with van der Waals surface area (Å²) in [6, 6.07) is 27.5. The Labute approximate surface area is 180 Å². The van der Waals surface area contributed by atoms with Crippen LogP contribution in [0.3, 0.4) is 0 Å². The molecule has 4 heteroatoms. The largest absolute Gasteiger partial charge is 0.299 e. The first-order chi connectivity index (χ1) is 14.2. The van der Waals surface area contributed by atoms with Gasteiger partial charge in [-0.3, -0.25) is 4.79 Å². The number of ketones is 1. The molecule has 0 radical (unpaired) electrons. The van der Waals surface area contributed by atoms with E-state index in [4.69, 9.17) is 0 Å². The monoisotopic (exact) mass is 422 g/mol. The molecule has 3 rings (SSSR count). The number of carbonyl (C=O) groups excluding carboxylic acids is 1. The lowest BCUT2D eigenvalue weighted by Gasteiger charge is -2.13.